The first-order valence-electron chi connectivity index (χ1n) is 6.85. The summed E-state index contributed by atoms with van der Waals surface area (Å²) in [5, 5.41) is 3.55. The molecule has 1 atom stereocenters. The molecule has 19 heavy (non-hydrogen) atoms. The molecule has 1 fully saturated rings. The van der Waals surface area contributed by atoms with Crippen LogP contribution in [0.2, 0.25) is 0 Å². The summed E-state index contributed by atoms with van der Waals surface area (Å²) in [4.78, 5) is 0.454. The molecule has 0 amide bonds. The Hall–Kier alpha value is -0.910. The summed E-state index contributed by atoms with van der Waals surface area (Å²) in [6, 6.07) is 7.28. The highest BCUT2D eigenvalue weighted by Gasteiger charge is 2.41. The minimum absolute atomic E-state index is 0.179. The maximum atomic E-state index is 12.2. The second-order valence-corrected chi connectivity index (χ2v) is 7.75. The lowest BCUT2D eigenvalue weighted by molar-refractivity contribution is 0.312. The number of sulfone groups is 1. The van der Waals surface area contributed by atoms with Gasteiger partial charge < -0.3 is 11.1 Å². The van der Waals surface area contributed by atoms with Crippen molar-refractivity contribution in [3.63, 3.8) is 0 Å². The minimum Gasteiger partial charge on any atom is -0.328 e. The van der Waals surface area contributed by atoms with Gasteiger partial charge in [-0.25, -0.2) is 8.42 Å². The van der Waals surface area contributed by atoms with Gasteiger partial charge in [0.1, 0.15) is 0 Å². The van der Waals surface area contributed by atoms with Gasteiger partial charge in [-0.05, 0) is 43.4 Å². The summed E-state index contributed by atoms with van der Waals surface area (Å²) in [6.45, 7) is 1.37. The van der Waals surface area contributed by atoms with Gasteiger partial charge in [0.2, 0.25) is 0 Å². The normalized spacial score (nSPS) is 28.9. The third-order valence-electron chi connectivity index (χ3n) is 4.31. The third-order valence-corrected chi connectivity index (χ3v) is 6.08. The number of benzene rings is 1. The molecule has 1 heterocycles. The van der Waals surface area contributed by atoms with E-state index in [-0.39, 0.29) is 11.3 Å². The van der Waals surface area contributed by atoms with Crippen LogP contribution < -0.4 is 11.1 Å². The Bertz CT molecular complexity index is 581. The van der Waals surface area contributed by atoms with Gasteiger partial charge in [-0.2, -0.15) is 0 Å². The van der Waals surface area contributed by atoms with Crippen molar-refractivity contribution < 1.29 is 8.42 Å². The van der Waals surface area contributed by atoms with Crippen LogP contribution in [0.5, 0.6) is 0 Å². The van der Waals surface area contributed by atoms with Crippen LogP contribution in [-0.2, 0) is 15.4 Å². The average molecular weight is 280 g/mol. The third kappa shape index (κ3) is 2.30. The summed E-state index contributed by atoms with van der Waals surface area (Å²) < 4.78 is 24.3. The first kappa shape index (κ1) is 13.1. The molecule has 0 bridgehead atoms. The van der Waals surface area contributed by atoms with Crippen molar-refractivity contribution >= 4 is 9.84 Å². The van der Waals surface area contributed by atoms with E-state index in [0.29, 0.717) is 17.9 Å². The van der Waals surface area contributed by atoms with E-state index in [4.69, 9.17) is 5.73 Å². The minimum atomic E-state index is -3.14. The van der Waals surface area contributed by atoms with Gasteiger partial charge >= 0.3 is 0 Å². The van der Waals surface area contributed by atoms with Crippen LogP contribution in [0.25, 0.3) is 0 Å². The molecule has 1 aromatic rings. The second kappa shape index (κ2) is 4.58. The van der Waals surface area contributed by atoms with E-state index >= 15 is 0 Å². The Morgan fingerprint density at radius 3 is 2.74 bits per heavy atom. The number of nitrogens with two attached hydrogens (primary N) is 1. The molecule has 0 aromatic heterocycles. The summed E-state index contributed by atoms with van der Waals surface area (Å²) in [6.07, 6.45) is 3.11. The SMILES string of the molecule is NCC1(NCC2CC2)CCS(=O)(=O)c2ccccc21. The number of rotatable bonds is 4. The van der Waals surface area contributed by atoms with Crippen molar-refractivity contribution in [1.29, 1.82) is 0 Å². The predicted molar refractivity (Wildman–Crippen MR) is 74.6 cm³/mol. The fourth-order valence-electron chi connectivity index (χ4n) is 2.82. The Kier molecular flexibility index (Phi) is 3.15. The molecule has 5 heteroatoms. The molecule has 0 saturated heterocycles. The molecule has 3 N–H and O–H groups in total. The Labute approximate surface area is 114 Å². The fraction of sp³-hybridized carbons (Fsp3) is 0.571. The van der Waals surface area contributed by atoms with Crippen molar-refractivity contribution in [3.05, 3.63) is 29.8 Å². The van der Waals surface area contributed by atoms with E-state index in [1.807, 2.05) is 12.1 Å². The Balaban J connectivity index is 2.01. The van der Waals surface area contributed by atoms with Crippen LogP contribution in [-0.4, -0.2) is 27.3 Å². The Morgan fingerprint density at radius 1 is 1.32 bits per heavy atom. The van der Waals surface area contributed by atoms with Gasteiger partial charge in [0.15, 0.2) is 9.84 Å². The van der Waals surface area contributed by atoms with Gasteiger partial charge in [-0.15, -0.1) is 0 Å². The lowest BCUT2D eigenvalue weighted by Crippen LogP contribution is -2.52. The van der Waals surface area contributed by atoms with E-state index < -0.39 is 9.84 Å². The van der Waals surface area contributed by atoms with Gasteiger partial charge in [-0.3, -0.25) is 0 Å². The van der Waals surface area contributed by atoms with E-state index in [1.54, 1.807) is 12.1 Å². The first-order valence-corrected chi connectivity index (χ1v) is 8.50. The summed E-state index contributed by atoms with van der Waals surface area (Å²) >= 11 is 0. The lowest BCUT2D eigenvalue weighted by Gasteiger charge is -2.39. The molecule has 1 aliphatic carbocycles. The molecule has 1 aromatic carbocycles. The molecule has 1 unspecified atom stereocenters. The van der Waals surface area contributed by atoms with Gasteiger partial charge in [0.05, 0.1) is 16.2 Å². The van der Waals surface area contributed by atoms with Crippen molar-refractivity contribution in [2.45, 2.75) is 29.7 Å². The van der Waals surface area contributed by atoms with Crippen molar-refractivity contribution in [2.75, 3.05) is 18.8 Å². The molecule has 0 radical (unpaired) electrons. The monoisotopic (exact) mass is 280 g/mol. The van der Waals surface area contributed by atoms with E-state index in [9.17, 15) is 8.42 Å². The zero-order valence-corrected chi connectivity index (χ0v) is 11.7. The predicted octanol–water partition coefficient (Wildman–Crippen LogP) is 1.02. The molecule has 2 aliphatic rings. The van der Waals surface area contributed by atoms with Gasteiger partial charge in [0.25, 0.3) is 0 Å². The van der Waals surface area contributed by atoms with Gasteiger partial charge in [0, 0.05) is 6.54 Å². The first-order chi connectivity index (χ1) is 9.07. The fourth-order valence-corrected chi connectivity index (χ4v) is 4.54. The molecule has 3 rings (SSSR count). The quantitative estimate of drug-likeness (QED) is 0.863. The van der Waals surface area contributed by atoms with Crippen molar-refractivity contribution in [3.8, 4) is 0 Å². The average Bonchev–Trinajstić information content (AvgIpc) is 3.23. The molecular weight excluding hydrogens is 260 g/mol. The van der Waals surface area contributed by atoms with Crippen LogP contribution in [0.15, 0.2) is 29.2 Å². The molecule has 1 aliphatic heterocycles. The van der Waals surface area contributed by atoms with Crippen LogP contribution >= 0.6 is 0 Å². The highest BCUT2D eigenvalue weighted by atomic mass is 32.2. The number of hydrogen-bond acceptors (Lipinski definition) is 4. The maximum absolute atomic E-state index is 12.2. The van der Waals surface area contributed by atoms with Crippen LogP contribution in [0.1, 0.15) is 24.8 Å². The van der Waals surface area contributed by atoms with E-state index in [2.05, 4.69) is 5.32 Å². The number of fused-ring (bicyclic) bond motifs is 1. The summed E-state index contributed by atoms with van der Waals surface area (Å²) in [7, 11) is -3.14. The molecule has 0 spiro atoms. The van der Waals surface area contributed by atoms with E-state index in [1.165, 1.54) is 12.8 Å². The zero-order chi connectivity index (χ0) is 13.5. The van der Waals surface area contributed by atoms with Crippen LogP contribution in [0.4, 0.5) is 0 Å². The van der Waals surface area contributed by atoms with Crippen molar-refractivity contribution in [2.24, 2.45) is 11.7 Å². The topological polar surface area (TPSA) is 72.2 Å². The zero-order valence-electron chi connectivity index (χ0n) is 10.9. The smallest absolute Gasteiger partial charge is 0.178 e. The van der Waals surface area contributed by atoms with Crippen molar-refractivity contribution in [1.82, 2.24) is 5.32 Å². The Morgan fingerprint density at radius 2 is 2.05 bits per heavy atom. The molecule has 4 nitrogen and oxygen atoms in total. The van der Waals surface area contributed by atoms with E-state index in [0.717, 1.165) is 18.0 Å². The second-order valence-electron chi connectivity index (χ2n) is 5.68. The molecular formula is C14H20N2O2S. The van der Waals surface area contributed by atoms with Crippen LogP contribution in [0, 0.1) is 5.92 Å². The number of nitrogens with one attached hydrogen (secondary N) is 1. The van der Waals surface area contributed by atoms with Gasteiger partial charge in [-0.1, -0.05) is 18.2 Å². The number of hydrogen-bond donors (Lipinski definition) is 2. The summed E-state index contributed by atoms with van der Waals surface area (Å²) in [5.74, 6) is 0.924. The standard InChI is InChI=1S/C14H20N2O2S/c15-10-14(16-9-11-5-6-11)7-8-19(17,18)13-4-2-1-3-12(13)14/h1-4,11,16H,5-10,15H2. The molecule has 1 saturated carbocycles. The molecule has 104 valence electrons. The summed E-state index contributed by atoms with van der Waals surface area (Å²) in [5.41, 5.74) is 6.47. The largest absolute Gasteiger partial charge is 0.328 e. The highest BCUT2D eigenvalue weighted by molar-refractivity contribution is 7.91. The lowest BCUT2D eigenvalue weighted by atomic mass is 9.86. The van der Waals surface area contributed by atoms with Crippen LogP contribution in [0.3, 0.4) is 0 Å². The maximum Gasteiger partial charge on any atom is 0.178 e. The highest BCUT2D eigenvalue weighted by Crippen LogP contribution is 2.37.